The Hall–Kier alpha value is -0.0400. The van der Waals surface area contributed by atoms with Gasteiger partial charge in [-0.25, -0.2) is 0 Å². The molecule has 1 N–H and O–H groups in total. The average Bonchev–Trinajstić information content (AvgIpc) is 3.02. The van der Waals surface area contributed by atoms with Crippen LogP contribution in [0.5, 0.6) is 0 Å². The quantitative estimate of drug-likeness (QED) is 0.743. The Balaban J connectivity index is 1.79. The van der Waals surface area contributed by atoms with Crippen molar-refractivity contribution in [3.05, 3.63) is 0 Å². The summed E-state index contributed by atoms with van der Waals surface area (Å²) in [6, 6.07) is 1.55. The normalized spacial score (nSPS) is 33.0. The predicted octanol–water partition coefficient (Wildman–Crippen LogP) is 3.98. The Morgan fingerprint density at radius 2 is 1.69 bits per heavy atom. The van der Waals surface area contributed by atoms with E-state index in [4.69, 9.17) is 0 Å². The molecule has 0 bridgehead atoms. The van der Waals surface area contributed by atoms with Gasteiger partial charge in [-0.05, 0) is 43.9 Å². The van der Waals surface area contributed by atoms with Crippen LogP contribution in [-0.4, -0.2) is 12.1 Å². The summed E-state index contributed by atoms with van der Waals surface area (Å²) in [5, 5.41) is 3.92. The van der Waals surface area contributed by atoms with Crippen LogP contribution in [0.1, 0.15) is 65.7 Å². The third-order valence-electron chi connectivity index (χ3n) is 4.56. The molecule has 1 nitrogen and oxygen atoms in total. The second-order valence-electron chi connectivity index (χ2n) is 6.55. The molecule has 2 aliphatic rings. The van der Waals surface area contributed by atoms with Crippen LogP contribution >= 0.6 is 0 Å². The lowest BCUT2D eigenvalue weighted by molar-refractivity contribution is 0.191. The lowest BCUT2D eigenvalue weighted by Crippen LogP contribution is -2.45. The van der Waals surface area contributed by atoms with E-state index in [0.717, 1.165) is 29.8 Å². The van der Waals surface area contributed by atoms with E-state index in [0.29, 0.717) is 0 Å². The van der Waals surface area contributed by atoms with Crippen LogP contribution < -0.4 is 5.32 Å². The smallest absolute Gasteiger partial charge is 0.0100 e. The molecule has 0 radical (unpaired) electrons. The van der Waals surface area contributed by atoms with E-state index in [9.17, 15) is 0 Å². The molecule has 1 heteroatoms. The minimum Gasteiger partial charge on any atom is -0.311 e. The summed E-state index contributed by atoms with van der Waals surface area (Å²) in [5.41, 5.74) is 0. The van der Waals surface area contributed by atoms with E-state index in [1.54, 1.807) is 0 Å². The van der Waals surface area contributed by atoms with Gasteiger partial charge in [0.25, 0.3) is 0 Å². The highest BCUT2D eigenvalue weighted by atomic mass is 15.0. The molecule has 0 heterocycles. The van der Waals surface area contributed by atoms with Gasteiger partial charge in [0.1, 0.15) is 0 Å². The van der Waals surface area contributed by atoms with Gasteiger partial charge in [-0.1, -0.05) is 39.5 Å². The Bertz CT molecular complexity index is 207. The Labute approximate surface area is 101 Å². The van der Waals surface area contributed by atoms with Crippen LogP contribution in [0.4, 0.5) is 0 Å². The first kappa shape index (κ1) is 12.4. The molecule has 0 amide bonds. The zero-order chi connectivity index (χ0) is 11.5. The summed E-state index contributed by atoms with van der Waals surface area (Å²) in [4.78, 5) is 0. The standard InChI is InChI=1S/C15H29N/c1-11(2)14-6-4-5-7-15(14)16-12(3)10-13-8-9-13/h11-16H,4-10H2,1-3H3. The SMILES string of the molecule is CC(CC1CC1)NC1CCCCC1C(C)C. The number of hydrogen-bond acceptors (Lipinski definition) is 1. The van der Waals surface area contributed by atoms with E-state index >= 15 is 0 Å². The maximum absolute atomic E-state index is 3.92. The molecule has 2 saturated carbocycles. The first-order valence-corrected chi connectivity index (χ1v) is 7.43. The fraction of sp³-hybridized carbons (Fsp3) is 1.00. The Morgan fingerprint density at radius 3 is 2.31 bits per heavy atom. The number of hydrogen-bond donors (Lipinski definition) is 1. The van der Waals surface area contributed by atoms with Crippen LogP contribution in [0.25, 0.3) is 0 Å². The van der Waals surface area contributed by atoms with Crippen molar-refractivity contribution in [1.29, 1.82) is 0 Å². The van der Waals surface area contributed by atoms with Gasteiger partial charge in [-0.2, -0.15) is 0 Å². The van der Waals surface area contributed by atoms with Crippen molar-refractivity contribution >= 4 is 0 Å². The van der Waals surface area contributed by atoms with Gasteiger partial charge >= 0.3 is 0 Å². The van der Waals surface area contributed by atoms with Gasteiger partial charge in [0.15, 0.2) is 0 Å². The molecular weight excluding hydrogens is 194 g/mol. The first-order chi connectivity index (χ1) is 7.66. The van der Waals surface area contributed by atoms with Gasteiger partial charge < -0.3 is 5.32 Å². The van der Waals surface area contributed by atoms with Crippen molar-refractivity contribution in [2.45, 2.75) is 77.8 Å². The van der Waals surface area contributed by atoms with E-state index < -0.39 is 0 Å². The second-order valence-corrected chi connectivity index (χ2v) is 6.55. The van der Waals surface area contributed by atoms with Gasteiger partial charge in [0.05, 0.1) is 0 Å². The lowest BCUT2D eigenvalue weighted by Gasteiger charge is -2.37. The van der Waals surface area contributed by atoms with Crippen LogP contribution in [0.15, 0.2) is 0 Å². The molecule has 0 spiro atoms. The Kier molecular flexibility index (Phi) is 4.29. The fourth-order valence-corrected chi connectivity index (χ4v) is 3.45. The van der Waals surface area contributed by atoms with Gasteiger partial charge in [0, 0.05) is 12.1 Å². The number of nitrogens with one attached hydrogen (secondary N) is 1. The van der Waals surface area contributed by atoms with Gasteiger partial charge in [0.2, 0.25) is 0 Å². The molecule has 0 aliphatic heterocycles. The third kappa shape index (κ3) is 3.48. The van der Waals surface area contributed by atoms with Crippen LogP contribution in [0.3, 0.4) is 0 Å². The minimum atomic E-state index is 0.747. The van der Waals surface area contributed by atoms with Crippen molar-refractivity contribution < 1.29 is 0 Å². The van der Waals surface area contributed by atoms with Gasteiger partial charge in [-0.15, -0.1) is 0 Å². The molecular formula is C15H29N. The predicted molar refractivity (Wildman–Crippen MR) is 70.5 cm³/mol. The summed E-state index contributed by atoms with van der Waals surface area (Å²) in [6.07, 6.45) is 10.2. The van der Waals surface area contributed by atoms with E-state index in [-0.39, 0.29) is 0 Å². The van der Waals surface area contributed by atoms with Crippen molar-refractivity contribution in [2.24, 2.45) is 17.8 Å². The molecule has 0 aromatic heterocycles. The van der Waals surface area contributed by atoms with Gasteiger partial charge in [-0.3, -0.25) is 0 Å². The van der Waals surface area contributed by atoms with Crippen LogP contribution in [0, 0.1) is 17.8 Å². The molecule has 0 aromatic carbocycles. The summed E-state index contributed by atoms with van der Waals surface area (Å²) in [6.45, 7) is 7.19. The summed E-state index contributed by atoms with van der Waals surface area (Å²) in [5.74, 6) is 2.84. The highest BCUT2D eigenvalue weighted by molar-refractivity contribution is 4.86. The van der Waals surface area contributed by atoms with E-state index in [1.165, 1.54) is 44.9 Å². The monoisotopic (exact) mass is 223 g/mol. The molecule has 0 aromatic rings. The second kappa shape index (κ2) is 5.53. The topological polar surface area (TPSA) is 12.0 Å². The number of rotatable bonds is 5. The molecule has 3 unspecified atom stereocenters. The fourth-order valence-electron chi connectivity index (χ4n) is 3.45. The van der Waals surface area contributed by atoms with Crippen molar-refractivity contribution in [1.82, 2.24) is 5.32 Å². The summed E-state index contributed by atoms with van der Waals surface area (Å²) in [7, 11) is 0. The van der Waals surface area contributed by atoms with E-state index in [1.807, 2.05) is 0 Å². The maximum Gasteiger partial charge on any atom is 0.0100 e. The van der Waals surface area contributed by atoms with Crippen molar-refractivity contribution in [3.63, 3.8) is 0 Å². The van der Waals surface area contributed by atoms with Crippen molar-refractivity contribution in [3.8, 4) is 0 Å². The zero-order valence-electron chi connectivity index (χ0n) is 11.3. The molecule has 0 saturated heterocycles. The average molecular weight is 223 g/mol. The Morgan fingerprint density at radius 1 is 1.00 bits per heavy atom. The van der Waals surface area contributed by atoms with E-state index in [2.05, 4.69) is 26.1 Å². The molecule has 94 valence electrons. The molecule has 2 rings (SSSR count). The first-order valence-electron chi connectivity index (χ1n) is 7.43. The molecule has 2 fully saturated rings. The molecule has 16 heavy (non-hydrogen) atoms. The maximum atomic E-state index is 3.92. The minimum absolute atomic E-state index is 0.747. The van der Waals surface area contributed by atoms with Crippen LogP contribution in [0.2, 0.25) is 0 Å². The zero-order valence-corrected chi connectivity index (χ0v) is 11.3. The molecule has 2 aliphatic carbocycles. The third-order valence-corrected chi connectivity index (χ3v) is 4.56. The summed E-state index contributed by atoms with van der Waals surface area (Å²) < 4.78 is 0. The highest BCUT2D eigenvalue weighted by Crippen LogP contribution is 2.35. The largest absolute Gasteiger partial charge is 0.311 e. The lowest BCUT2D eigenvalue weighted by atomic mass is 9.77. The molecule has 3 atom stereocenters. The summed E-state index contributed by atoms with van der Waals surface area (Å²) >= 11 is 0. The van der Waals surface area contributed by atoms with Crippen molar-refractivity contribution in [2.75, 3.05) is 0 Å². The highest BCUT2D eigenvalue weighted by Gasteiger charge is 2.30. The van der Waals surface area contributed by atoms with Crippen LogP contribution in [-0.2, 0) is 0 Å².